The summed E-state index contributed by atoms with van der Waals surface area (Å²) in [4.78, 5) is 24.6. The molecule has 0 radical (unpaired) electrons. The van der Waals surface area contributed by atoms with E-state index in [9.17, 15) is 9.59 Å². The van der Waals surface area contributed by atoms with Crippen molar-refractivity contribution in [2.45, 2.75) is 65.1 Å². The standard InChI is InChI=1S/C15H28N2O4/c1-10(2)8-12(13(18)21-15(3,4)5)16-11-6-7-17(9-11)14(19)20/h10-12,16H,6-9H2,1-5H3,(H,19,20)/t11?,12-/m0/s1. The minimum atomic E-state index is -0.906. The van der Waals surface area contributed by atoms with Crippen molar-refractivity contribution in [2.75, 3.05) is 13.1 Å². The third-order valence-electron chi connectivity index (χ3n) is 3.29. The van der Waals surface area contributed by atoms with Gasteiger partial charge in [0.2, 0.25) is 0 Å². The zero-order valence-corrected chi connectivity index (χ0v) is 13.7. The Kier molecular flexibility index (Phi) is 6.01. The second-order valence-electron chi connectivity index (χ2n) is 7.10. The molecule has 0 aromatic rings. The molecule has 0 aromatic heterocycles. The van der Waals surface area contributed by atoms with Gasteiger partial charge >= 0.3 is 12.1 Å². The van der Waals surface area contributed by atoms with E-state index < -0.39 is 11.7 Å². The highest BCUT2D eigenvalue weighted by atomic mass is 16.6. The lowest BCUT2D eigenvalue weighted by atomic mass is 10.0. The number of nitrogens with zero attached hydrogens (tertiary/aromatic N) is 1. The predicted octanol–water partition coefficient (Wildman–Crippen LogP) is 2.08. The quantitative estimate of drug-likeness (QED) is 0.760. The molecule has 2 atom stereocenters. The number of ether oxygens (including phenoxy) is 1. The van der Waals surface area contributed by atoms with Crippen LogP contribution in [0.15, 0.2) is 0 Å². The normalized spacial score (nSPS) is 20.7. The Morgan fingerprint density at radius 3 is 2.43 bits per heavy atom. The highest BCUT2D eigenvalue weighted by molar-refractivity contribution is 5.76. The van der Waals surface area contributed by atoms with E-state index in [1.54, 1.807) is 0 Å². The average molecular weight is 300 g/mol. The average Bonchev–Trinajstić information content (AvgIpc) is 2.73. The Morgan fingerprint density at radius 1 is 1.38 bits per heavy atom. The fraction of sp³-hybridized carbons (Fsp3) is 0.867. The lowest BCUT2D eigenvalue weighted by Gasteiger charge is -2.27. The number of likely N-dealkylation sites (tertiary alicyclic amines) is 1. The van der Waals surface area contributed by atoms with Gasteiger partial charge in [-0.05, 0) is 39.5 Å². The van der Waals surface area contributed by atoms with Crippen molar-refractivity contribution in [1.82, 2.24) is 10.2 Å². The zero-order chi connectivity index (χ0) is 16.2. The Bertz CT molecular complexity index is 376. The highest BCUT2D eigenvalue weighted by Crippen LogP contribution is 2.16. The van der Waals surface area contributed by atoms with Crippen LogP contribution in [0.4, 0.5) is 4.79 Å². The Hall–Kier alpha value is -1.30. The van der Waals surface area contributed by atoms with Crippen molar-refractivity contribution in [3.63, 3.8) is 0 Å². The van der Waals surface area contributed by atoms with Crippen molar-refractivity contribution in [1.29, 1.82) is 0 Å². The maximum atomic E-state index is 12.3. The molecule has 6 nitrogen and oxygen atoms in total. The molecule has 0 bridgehead atoms. The molecule has 1 unspecified atom stereocenters. The van der Waals surface area contributed by atoms with Crippen LogP contribution in [-0.2, 0) is 9.53 Å². The Balaban J connectivity index is 2.62. The number of hydrogen-bond acceptors (Lipinski definition) is 4. The van der Waals surface area contributed by atoms with Gasteiger partial charge in [-0.3, -0.25) is 10.1 Å². The molecule has 21 heavy (non-hydrogen) atoms. The molecule has 1 aliphatic heterocycles. The van der Waals surface area contributed by atoms with Gasteiger partial charge in [-0.25, -0.2) is 4.79 Å². The second kappa shape index (κ2) is 7.11. The predicted molar refractivity (Wildman–Crippen MR) is 80.2 cm³/mol. The third-order valence-corrected chi connectivity index (χ3v) is 3.29. The second-order valence-corrected chi connectivity index (χ2v) is 7.10. The third kappa shape index (κ3) is 6.33. The molecule has 122 valence electrons. The molecule has 0 saturated carbocycles. The molecule has 0 aromatic carbocycles. The van der Waals surface area contributed by atoms with Gasteiger partial charge in [0.15, 0.2) is 0 Å². The molecule has 1 heterocycles. The first-order valence-electron chi connectivity index (χ1n) is 7.55. The monoisotopic (exact) mass is 300 g/mol. The number of nitrogens with one attached hydrogen (secondary N) is 1. The van der Waals surface area contributed by atoms with Gasteiger partial charge in [-0.1, -0.05) is 13.8 Å². The molecular formula is C15H28N2O4. The largest absolute Gasteiger partial charge is 0.465 e. The van der Waals surface area contributed by atoms with Gasteiger partial charge in [0.05, 0.1) is 0 Å². The van der Waals surface area contributed by atoms with E-state index in [1.807, 2.05) is 20.8 Å². The highest BCUT2D eigenvalue weighted by Gasteiger charge is 2.32. The Morgan fingerprint density at radius 2 is 2.00 bits per heavy atom. The SMILES string of the molecule is CC(C)C[C@H](NC1CCN(C(=O)O)C1)C(=O)OC(C)(C)C. The van der Waals surface area contributed by atoms with Crippen LogP contribution >= 0.6 is 0 Å². The van der Waals surface area contributed by atoms with Crippen LogP contribution in [-0.4, -0.2) is 52.8 Å². The van der Waals surface area contributed by atoms with Crippen LogP contribution in [0.25, 0.3) is 0 Å². The van der Waals surface area contributed by atoms with Crippen molar-refractivity contribution in [2.24, 2.45) is 5.92 Å². The summed E-state index contributed by atoms with van der Waals surface area (Å²) in [5.74, 6) is 0.0944. The maximum absolute atomic E-state index is 12.3. The van der Waals surface area contributed by atoms with E-state index in [1.165, 1.54) is 4.90 Å². The molecule has 1 fully saturated rings. The van der Waals surface area contributed by atoms with Crippen LogP contribution in [0.3, 0.4) is 0 Å². The zero-order valence-electron chi connectivity index (χ0n) is 13.7. The van der Waals surface area contributed by atoms with Crippen LogP contribution < -0.4 is 5.32 Å². The van der Waals surface area contributed by atoms with Crippen molar-refractivity contribution in [3.8, 4) is 0 Å². The fourth-order valence-corrected chi connectivity index (χ4v) is 2.43. The fourth-order valence-electron chi connectivity index (χ4n) is 2.43. The summed E-state index contributed by atoms with van der Waals surface area (Å²) < 4.78 is 5.45. The number of amides is 1. The molecule has 1 aliphatic rings. The van der Waals surface area contributed by atoms with E-state index in [2.05, 4.69) is 19.2 Å². The van der Waals surface area contributed by atoms with Crippen molar-refractivity contribution in [3.05, 3.63) is 0 Å². The van der Waals surface area contributed by atoms with E-state index in [0.29, 0.717) is 25.4 Å². The number of carbonyl (C=O) groups is 2. The van der Waals surface area contributed by atoms with E-state index in [4.69, 9.17) is 9.84 Å². The number of carboxylic acid groups (broad SMARTS) is 1. The maximum Gasteiger partial charge on any atom is 0.407 e. The molecule has 1 rings (SSSR count). The number of hydrogen-bond donors (Lipinski definition) is 2. The molecule has 2 N–H and O–H groups in total. The summed E-state index contributed by atoms with van der Waals surface area (Å²) in [5, 5.41) is 12.3. The lowest BCUT2D eigenvalue weighted by Crippen LogP contribution is -2.47. The molecule has 1 amide bonds. The van der Waals surface area contributed by atoms with Crippen LogP contribution in [0, 0.1) is 5.92 Å². The van der Waals surface area contributed by atoms with E-state index in [0.717, 1.165) is 6.42 Å². The molecule has 6 heteroatoms. The van der Waals surface area contributed by atoms with Gasteiger partial charge in [-0.15, -0.1) is 0 Å². The summed E-state index contributed by atoms with van der Waals surface area (Å²) in [6.45, 7) is 10.6. The summed E-state index contributed by atoms with van der Waals surface area (Å²) in [7, 11) is 0. The molecule has 0 spiro atoms. The minimum absolute atomic E-state index is 0.0115. The number of rotatable bonds is 5. The van der Waals surface area contributed by atoms with Gasteiger partial charge in [0, 0.05) is 19.1 Å². The molecular weight excluding hydrogens is 272 g/mol. The van der Waals surface area contributed by atoms with Crippen molar-refractivity contribution >= 4 is 12.1 Å². The minimum Gasteiger partial charge on any atom is -0.465 e. The summed E-state index contributed by atoms with van der Waals surface area (Å²) >= 11 is 0. The van der Waals surface area contributed by atoms with E-state index >= 15 is 0 Å². The van der Waals surface area contributed by atoms with Crippen molar-refractivity contribution < 1.29 is 19.4 Å². The van der Waals surface area contributed by atoms with Gasteiger partial charge < -0.3 is 14.7 Å². The number of esters is 1. The lowest BCUT2D eigenvalue weighted by molar-refractivity contribution is -0.158. The first-order chi connectivity index (χ1) is 9.58. The van der Waals surface area contributed by atoms with Crippen LogP contribution in [0.2, 0.25) is 0 Å². The van der Waals surface area contributed by atoms with Crippen LogP contribution in [0.5, 0.6) is 0 Å². The summed E-state index contributed by atoms with van der Waals surface area (Å²) in [6.07, 6.45) is 0.499. The number of carbonyl (C=O) groups excluding carboxylic acids is 1. The van der Waals surface area contributed by atoms with Gasteiger partial charge in [-0.2, -0.15) is 0 Å². The molecule has 0 aliphatic carbocycles. The molecule has 1 saturated heterocycles. The van der Waals surface area contributed by atoms with Gasteiger partial charge in [0.25, 0.3) is 0 Å². The van der Waals surface area contributed by atoms with Crippen LogP contribution in [0.1, 0.15) is 47.5 Å². The topological polar surface area (TPSA) is 78.9 Å². The smallest absolute Gasteiger partial charge is 0.407 e. The summed E-state index contributed by atoms with van der Waals surface area (Å²) in [5.41, 5.74) is -0.517. The van der Waals surface area contributed by atoms with E-state index in [-0.39, 0.29) is 18.1 Å². The summed E-state index contributed by atoms with van der Waals surface area (Å²) in [6, 6.07) is -0.375. The first-order valence-corrected chi connectivity index (χ1v) is 7.55. The first kappa shape index (κ1) is 17.8. The van der Waals surface area contributed by atoms with Gasteiger partial charge in [0.1, 0.15) is 11.6 Å². The Labute approximate surface area is 126 Å².